The second-order valence-electron chi connectivity index (χ2n) is 13.5. The number of phosphoric acid groups is 1. The number of ketones is 1. The van der Waals surface area contributed by atoms with Gasteiger partial charge in [-0.15, -0.1) is 0 Å². The average molecular weight is 828 g/mol. The molecule has 0 bridgehead atoms. The van der Waals surface area contributed by atoms with Gasteiger partial charge in [0.1, 0.15) is 6.61 Å². The second-order valence-corrected chi connectivity index (χ2v) is 15.0. The van der Waals surface area contributed by atoms with Gasteiger partial charge in [-0.25, -0.2) is 4.57 Å². The minimum absolute atomic E-state index is 0.000841. The molecule has 1 unspecified atom stereocenters. The summed E-state index contributed by atoms with van der Waals surface area (Å²) in [5.74, 6) is -1.33. The number of phosphoric ester groups is 1. The number of nitrogens with two attached hydrogens (primary N) is 1. The molecule has 0 aromatic rings. The second kappa shape index (κ2) is 41.5. The summed E-state index contributed by atoms with van der Waals surface area (Å²) in [6.07, 6.45) is 51.4. The number of hydrogen-bond acceptors (Lipinski definition) is 9. The van der Waals surface area contributed by atoms with Crippen LogP contribution in [0.15, 0.2) is 109 Å². The first kappa shape index (κ1) is 54.3. The van der Waals surface area contributed by atoms with Crippen molar-refractivity contribution in [3.05, 3.63) is 109 Å². The van der Waals surface area contributed by atoms with Crippen molar-refractivity contribution in [2.75, 3.05) is 26.4 Å². The van der Waals surface area contributed by atoms with E-state index in [9.17, 15) is 23.8 Å². The van der Waals surface area contributed by atoms with E-state index in [1.54, 1.807) is 6.08 Å². The minimum atomic E-state index is -4.47. The lowest BCUT2D eigenvalue weighted by Crippen LogP contribution is -2.29. The standard InChI is InChI=1S/C47H74NO9P/c1-3-5-7-9-11-13-15-17-18-19-20-21-22-24-26-28-30-32-34-38-46(50)54-42-45(43-56-58(52,53)55-41-40-48)57-47(51)39-35-37-44(49)36-33-31-29-27-25-23-16-14-12-10-8-6-4-2/h11-14,17-18,20-21,23-26,29-33,36,45H,3-10,15-16,19,22,27-28,34-35,37-43,48H2,1-2H3,(H,52,53)/b13-11-,14-12-,18-17-,21-20-,25-23-,26-24-,31-29-,32-30-,36-33+/t45-/m1/s1. The maximum absolute atomic E-state index is 12.6. The number of carbonyl (C=O) groups is 3. The zero-order chi connectivity index (χ0) is 42.6. The largest absolute Gasteiger partial charge is 0.472 e. The maximum atomic E-state index is 12.6. The van der Waals surface area contributed by atoms with Gasteiger partial charge >= 0.3 is 19.8 Å². The molecule has 11 heteroatoms. The van der Waals surface area contributed by atoms with E-state index in [1.165, 1.54) is 51.0 Å². The van der Waals surface area contributed by atoms with Gasteiger partial charge in [0.2, 0.25) is 0 Å². The topological polar surface area (TPSA) is 151 Å². The van der Waals surface area contributed by atoms with Gasteiger partial charge in [-0.05, 0) is 83.1 Å². The minimum Gasteiger partial charge on any atom is -0.462 e. The molecule has 0 radical (unpaired) electrons. The average Bonchev–Trinajstić information content (AvgIpc) is 3.20. The lowest BCUT2D eigenvalue weighted by molar-refractivity contribution is -0.161. The van der Waals surface area contributed by atoms with E-state index in [-0.39, 0.29) is 51.2 Å². The van der Waals surface area contributed by atoms with Crippen LogP contribution in [0.3, 0.4) is 0 Å². The summed E-state index contributed by atoms with van der Waals surface area (Å²) in [5.41, 5.74) is 5.32. The maximum Gasteiger partial charge on any atom is 0.472 e. The van der Waals surface area contributed by atoms with Gasteiger partial charge < -0.3 is 20.1 Å². The quantitative estimate of drug-likeness (QED) is 0.0154. The molecule has 0 aliphatic heterocycles. The number of ether oxygens (including phenoxy) is 2. The Morgan fingerprint density at radius 3 is 1.59 bits per heavy atom. The van der Waals surface area contributed by atoms with E-state index in [1.807, 2.05) is 24.3 Å². The normalized spacial score (nSPS) is 14.3. The molecule has 3 N–H and O–H groups in total. The summed E-state index contributed by atoms with van der Waals surface area (Å²) >= 11 is 0. The molecule has 58 heavy (non-hydrogen) atoms. The summed E-state index contributed by atoms with van der Waals surface area (Å²) in [6.45, 7) is 3.27. The number of allylic oxidation sites excluding steroid dienone is 18. The summed E-state index contributed by atoms with van der Waals surface area (Å²) < 4.78 is 32.4. The number of hydrogen-bond donors (Lipinski definition) is 2. The predicted octanol–water partition coefficient (Wildman–Crippen LogP) is 11.6. The van der Waals surface area contributed by atoms with Crippen molar-refractivity contribution >= 4 is 25.5 Å². The van der Waals surface area contributed by atoms with Crippen molar-refractivity contribution in [3.8, 4) is 0 Å². The first-order valence-electron chi connectivity index (χ1n) is 21.3. The van der Waals surface area contributed by atoms with Crippen LogP contribution in [0.4, 0.5) is 0 Å². The van der Waals surface area contributed by atoms with Crippen molar-refractivity contribution in [1.82, 2.24) is 0 Å². The highest BCUT2D eigenvalue weighted by Crippen LogP contribution is 2.43. The van der Waals surface area contributed by atoms with Crippen molar-refractivity contribution in [2.24, 2.45) is 5.73 Å². The Bertz CT molecular complexity index is 1370. The smallest absolute Gasteiger partial charge is 0.462 e. The van der Waals surface area contributed by atoms with Crippen LogP contribution in [0.25, 0.3) is 0 Å². The van der Waals surface area contributed by atoms with Crippen LogP contribution in [0.2, 0.25) is 0 Å². The van der Waals surface area contributed by atoms with E-state index in [0.29, 0.717) is 6.42 Å². The van der Waals surface area contributed by atoms with Crippen molar-refractivity contribution in [2.45, 2.75) is 142 Å². The van der Waals surface area contributed by atoms with Gasteiger partial charge in [0.15, 0.2) is 11.9 Å². The first-order valence-corrected chi connectivity index (χ1v) is 22.8. The molecular weight excluding hydrogens is 753 g/mol. The molecule has 0 saturated carbocycles. The van der Waals surface area contributed by atoms with Crippen LogP contribution in [-0.2, 0) is 37.5 Å². The fraction of sp³-hybridized carbons (Fsp3) is 0.553. The summed E-state index contributed by atoms with van der Waals surface area (Å²) in [5, 5.41) is 0. The van der Waals surface area contributed by atoms with E-state index in [2.05, 4.69) is 86.8 Å². The molecule has 0 saturated heterocycles. The van der Waals surface area contributed by atoms with Crippen molar-refractivity contribution < 1.29 is 42.4 Å². The van der Waals surface area contributed by atoms with Gasteiger partial charge in [0.25, 0.3) is 0 Å². The fourth-order valence-corrected chi connectivity index (χ4v) is 5.69. The molecular formula is C47H74NO9P. The van der Waals surface area contributed by atoms with E-state index in [0.717, 1.165) is 44.9 Å². The summed E-state index contributed by atoms with van der Waals surface area (Å²) in [7, 11) is -4.47. The van der Waals surface area contributed by atoms with Gasteiger partial charge in [-0.3, -0.25) is 23.4 Å². The third-order valence-corrected chi connectivity index (χ3v) is 9.11. The monoisotopic (exact) mass is 828 g/mol. The van der Waals surface area contributed by atoms with E-state index in [4.69, 9.17) is 24.3 Å². The van der Waals surface area contributed by atoms with Gasteiger partial charge in [0.05, 0.1) is 13.2 Å². The Balaban J connectivity index is 4.51. The highest BCUT2D eigenvalue weighted by atomic mass is 31.2. The third-order valence-electron chi connectivity index (χ3n) is 8.12. The highest BCUT2D eigenvalue weighted by molar-refractivity contribution is 7.47. The Kier molecular flexibility index (Phi) is 38.9. The molecule has 326 valence electrons. The van der Waals surface area contributed by atoms with Crippen molar-refractivity contribution in [3.63, 3.8) is 0 Å². The molecule has 0 aromatic heterocycles. The summed E-state index contributed by atoms with van der Waals surface area (Å²) in [6, 6.07) is 0. The molecule has 0 aliphatic carbocycles. The van der Waals surface area contributed by atoms with E-state index < -0.39 is 32.5 Å². The lowest BCUT2D eigenvalue weighted by Gasteiger charge is -2.19. The number of rotatable bonds is 38. The highest BCUT2D eigenvalue weighted by Gasteiger charge is 2.26. The Morgan fingerprint density at radius 2 is 1.07 bits per heavy atom. The zero-order valence-electron chi connectivity index (χ0n) is 35.5. The van der Waals surface area contributed by atoms with Gasteiger partial charge in [-0.2, -0.15) is 0 Å². The SMILES string of the molecule is CCCCC/C=C\C/C=C\C/C=C\C=C\C(=O)CCCC(=O)O[C@H](COC(=O)CC/C=C\C/C=C\C/C=C\C/C=C\C/C=C\CCCCC)COP(=O)(O)OCCN. The van der Waals surface area contributed by atoms with Crippen LogP contribution >= 0.6 is 7.82 Å². The van der Waals surface area contributed by atoms with Gasteiger partial charge in [0, 0.05) is 25.8 Å². The van der Waals surface area contributed by atoms with E-state index >= 15 is 0 Å². The number of carbonyl (C=O) groups excluding carboxylic acids is 3. The fourth-order valence-electron chi connectivity index (χ4n) is 4.92. The molecule has 0 aromatic carbocycles. The molecule has 0 aliphatic rings. The van der Waals surface area contributed by atoms with Crippen LogP contribution < -0.4 is 5.73 Å². The molecule has 0 fully saturated rings. The molecule has 0 spiro atoms. The molecule has 0 amide bonds. The molecule has 2 atom stereocenters. The van der Waals surface area contributed by atoms with Crippen LogP contribution in [0.5, 0.6) is 0 Å². The first-order chi connectivity index (χ1) is 28.2. The van der Waals surface area contributed by atoms with Crippen LogP contribution in [0.1, 0.15) is 136 Å². The number of esters is 2. The summed E-state index contributed by atoms with van der Waals surface area (Å²) in [4.78, 5) is 47.0. The van der Waals surface area contributed by atoms with Crippen LogP contribution in [-0.4, -0.2) is 55.1 Å². The number of unbranched alkanes of at least 4 members (excludes halogenated alkanes) is 6. The van der Waals surface area contributed by atoms with Crippen LogP contribution in [0, 0.1) is 0 Å². The lowest BCUT2D eigenvalue weighted by atomic mass is 10.1. The zero-order valence-corrected chi connectivity index (χ0v) is 36.4. The molecule has 0 heterocycles. The van der Waals surface area contributed by atoms with Gasteiger partial charge in [-0.1, -0.05) is 143 Å². The third kappa shape index (κ3) is 40.5. The Labute approximate surface area is 350 Å². The predicted molar refractivity (Wildman–Crippen MR) is 238 cm³/mol. The van der Waals surface area contributed by atoms with Crippen molar-refractivity contribution in [1.29, 1.82) is 0 Å². The molecule has 10 nitrogen and oxygen atoms in total. The Hall–Kier alpha value is -3.66. The molecule has 0 rings (SSSR count). The Morgan fingerprint density at radius 1 is 0.569 bits per heavy atom.